The first kappa shape index (κ1) is 13.2. The average molecular weight is 227 g/mol. The third-order valence-corrected chi connectivity index (χ3v) is 3.35. The minimum atomic E-state index is -2.78. The largest absolute Gasteiger partial charge is 0.229 e. The summed E-state index contributed by atoms with van der Waals surface area (Å²) < 4.78 is 21.5. The Balaban J connectivity index is 3.36. The molecule has 0 amide bonds. The van der Waals surface area contributed by atoms with Crippen molar-refractivity contribution in [2.45, 2.75) is 44.4 Å². The number of sulfone groups is 1. The van der Waals surface area contributed by atoms with Gasteiger partial charge in [-0.05, 0) is 19.3 Å². The molecule has 0 rings (SSSR count). The van der Waals surface area contributed by atoms with E-state index in [1.807, 2.05) is 0 Å². The van der Waals surface area contributed by atoms with E-state index < -0.39 is 9.84 Å². The van der Waals surface area contributed by atoms with Gasteiger partial charge in [-0.25, -0.2) is 8.42 Å². The Hall–Kier alpha value is 0.240. The lowest BCUT2D eigenvalue weighted by Crippen LogP contribution is -2.04. The maximum absolute atomic E-state index is 10.8. The number of unbranched alkanes of at least 4 members (excludes halogenated alkanes) is 1. The summed E-state index contributed by atoms with van der Waals surface area (Å²) in [6.07, 6.45) is 6.00. The molecule has 0 aliphatic carbocycles. The fourth-order valence-electron chi connectivity index (χ4n) is 1.19. The van der Waals surface area contributed by atoms with Crippen LogP contribution < -0.4 is 0 Å². The van der Waals surface area contributed by atoms with Crippen LogP contribution in [0, 0.1) is 0 Å². The molecule has 0 aromatic heterocycles. The summed E-state index contributed by atoms with van der Waals surface area (Å²) in [6.45, 7) is 2.10. The highest BCUT2D eigenvalue weighted by molar-refractivity contribution is 7.90. The van der Waals surface area contributed by atoms with Gasteiger partial charge in [0.25, 0.3) is 0 Å². The van der Waals surface area contributed by atoms with Crippen LogP contribution in [-0.4, -0.2) is 25.8 Å². The third-order valence-electron chi connectivity index (χ3n) is 1.88. The monoisotopic (exact) mass is 226 g/mol. The van der Waals surface area contributed by atoms with Crippen LogP contribution in [0.25, 0.3) is 0 Å². The second-order valence-corrected chi connectivity index (χ2v) is 6.39. The van der Waals surface area contributed by atoms with Crippen LogP contribution in [0.5, 0.6) is 0 Å². The lowest BCUT2D eigenvalue weighted by molar-refractivity contribution is 0.590. The topological polar surface area (TPSA) is 34.1 Å². The summed E-state index contributed by atoms with van der Waals surface area (Å²) in [4.78, 5) is 0. The standard InChI is InChI=1S/C9H19ClO2S/c1-3-6-9(10)7-4-5-8-13(2,11)12/h9H,3-8H2,1-2H3. The molecule has 4 heteroatoms. The number of halogens is 1. The van der Waals surface area contributed by atoms with Gasteiger partial charge in [0.15, 0.2) is 0 Å². The van der Waals surface area contributed by atoms with Crippen LogP contribution in [0.2, 0.25) is 0 Å². The predicted octanol–water partition coefficient (Wildman–Crippen LogP) is 2.61. The zero-order chi connectivity index (χ0) is 10.3. The summed E-state index contributed by atoms with van der Waals surface area (Å²) in [7, 11) is -2.78. The van der Waals surface area contributed by atoms with Gasteiger partial charge in [-0.15, -0.1) is 11.6 Å². The molecule has 80 valence electrons. The van der Waals surface area contributed by atoms with Crippen molar-refractivity contribution in [3.8, 4) is 0 Å². The fraction of sp³-hybridized carbons (Fsp3) is 1.00. The van der Waals surface area contributed by atoms with Gasteiger partial charge in [-0.3, -0.25) is 0 Å². The van der Waals surface area contributed by atoms with Crippen LogP contribution >= 0.6 is 11.6 Å². The van der Waals surface area contributed by atoms with E-state index in [-0.39, 0.29) is 5.38 Å². The lowest BCUT2D eigenvalue weighted by atomic mass is 10.1. The van der Waals surface area contributed by atoms with Crippen molar-refractivity contribution in [1.82, 2.24) is 0 Å². The van der Waals surface area contributed by atoms with E-state index in [2.05, 4.69) is 6.92 Å². The molecule has 0 aliphatic rings. The molecule has 2 nitrogen and oxygen atoms in total. The summed E-state index contributed by atoms with van der Waals surface area (Å²) in [5.74, 6) is 0.294. The molecular weight excluding hydrogens is 208 g/mol. The average Bonchev–Trinajstić information content (AvgIpc) is 1.97. The van der Waals surface area contributed by atoms with E-state index in [1.54, 1.807) is 0 Å². The molecule has 0 radical (unpaired) electrons. The predicted molar refractivity (Wildman–Crippen MR) is 58.1 cm³/mol. The molecule has 0 aliphatic heterocycles. The summed E-state index contributed by atoms with van der Waals surface area (Å²) in [6, 6.07) is 0. The van der Waals surface area contributed by atoms with Crippen LogP contribution in [-0.2, 0) is 9.84 Å². The van der Waals surface area contributed by atoms with Crippen molar-refractivity contribution >= 4 is 21.4 Å². The molecule has 1 unspecified atom stereocenters. The van der Waals surface area contributed by atoms with Crippen LogP contribution in [0.1, 0.15) is 39.0 Å². The molecule has 0 N–H and O–H groups in total. The molecule has 0 aromatic rings. The zero-order valence-corrected chi connectivity index (χ0v) is 10.00. The quantitative estimate of drug-likeness (QED) is 0.494. The fourth-order valence-corrected chi connectivity index (χ4v) is 2.29. The summed E-state index contributed by atoms with van der Waals surface area (Å²) in [5.41, 5.74) is 0. The van der Waals surface area contributed by atoms with Crippen molar-refractivity contribution in [3.05, 3.63) is 0 Å². The Labute approximate surface area is 86.6 Å². The number of hydrogen-bond donors (Lipinski definition) is 0. The van der Waals surface area contributed by atoms with Crippen molar-refractivity contribution in [3.63, 3.8) is 0 Å². The van der Waals surface area contributed by atoms with Gasteiger partial charge in [0, 0.05) is 17.4 Å². The zero-order valence-electron chi connectivity index (χ0n) is 8.42. The van der Waals surface area contributed by atoms with E-state index in [0.29, 0.717) is 5.75 Å². The van der Waals surface area contributed by atoms with E-state index in [0.717, 1.165) is 32.1 Å². The molecule has 1 atom stereocenters. The molecule has 0 spiro atoms. The molecule has 0 saturated heterocycles. The first-order valence-electron chi connectivity index (χ1n) is 4.77. The highest BCUT2D eigenvalue weighted by atomic mass is 35.5. The van der Waals surface area contributed by atoms with E-state index in [4.69, 9.17) is 11.6 Å². The molecular formula is C9H19ClO2S. The Bertz CT molecular complexity index is 212. The lowest BCUT2D eigenvalue weighted by Gasteiger charge is -2.06. The van der Waals surface area contributed by atoms with Crippen molar-refractivity contribution < 1.29 is 8.42 Å². The van der Waals surface area contributed by atoms with E-state index in [9.17, 15) is 8.42 Å². The third kappa shape index (κ3) is 10.2. The van der Waals surface area contributed by atoms with Gasteiger partial charge in [0.1, 0.15) is 9.84 Å². The second-order valence-electron chi connectivity index (χ2n) is 3.51. The van der Waals surface area contributed by atoms with Crippen LogP contribution in [0.3, 0.4) is 0 Å². The Kier molecular flexibility index (Phi) is 6.78. The van der Waals surface area contributed by atoms with Crippen molar-refractivity contribution in [1.29, 1.82) is 0 Å². The number of hydrogen-bond acceptors (Lipinski definition) is 2. The maximum atomic E-state index is 10.8. The molecule has 0 aromatic carbocycles. The summed E-state index contributed by atoms with van der Waals surface area (Å²) in [5, 5.41) is 0.226. The molecule has 0 fully saturated rings. The summed E-state index contributed by atoms with van der Waals surface area (Å²) >= 11 is 5.98. The Morgan fingerprint density at radius 3 is 2.31 bits per heavy atom. The maximum Gasteiger partial charge on any atom is 0.147 e. The van der Waals surface area contributed by atoms with Gasteiger partial charge in [0.05, 0.1) is 0 Å². The van der Waals surface area contributed by atoms with E-state index >= 15 is 0 Å². The van der Waals surface area contributed by atoms with E-state index in [1.165, 1.54) is 6.26 Å². The minimum absolute atomic E-state index is 0.226. The number of rotatable bonds is 7. The first-order chi connectivity index (χ1) is 5.95. The molecule has 0 heterocycles. The normalized spacial score (nSPS) is 14.4. The van der Waals surface area contributed by atoms with Crippen LogP contribution in [0.4, 0.5) is 0 Å². The van der Waals surface area contributed by atoms with Gasteiger partial charge < -0.3 is 0 Å². The Morgan fingerprint density at radius 2 is 1.85 bits per heavy atom. The number of alkyl halides is 1. The highest BCUT2D eigenvalue weighted by Crippen LogP contribution is 2.13. The minimum Gasteiger partial charge on any atom is -0.229 e. The molecule has 13 heavy (non-hydrogen) atoms. The second kappa shape index (κ2) is 6.66. The van der Waals surface area contributed by atoms with Gasteiger partial charge >= 0.3 is 0 Å². The van der Waals surface area contributed by atoms with Crippen LogP contribution in [0.15, 0.2) is 0 Å². The van der Waals surface area contributed by atoms with Crippen molar-refractivity contribution in [2.24, 2.45) is 0 Å². The molecule has 0 saturated carbocycles. The van der Waals surface area contributed by atoms with Gasteiger partial charge in [-0.1, -0.05) is 19.8 Å². The van der Waals surface area contributed by atoms with Gasteiger partial charge in [-0.2, -0.15) is 0 Å². The van der Waals surface area contributed by atoms with Crippen molar-refractivity contribution in [2.75, 3.05) is 12.0 Å². The highest BCUT2D eigenvalue weighted by Gasteiger charge is 2.05. The first-order valence-corrected chi connectivity index (χ1v) is 7.27. The molecule has 0 bridgehead atoms. The SMILES string of the molecule is CCCC(Cl)CCCCS(C)(=O)=O. The van der Waals surface area contributed by atoms with Gasteiger partial charge in [0.2, 0.25) is 0 Å². The Morgan fingerprint density at radius 1 is 1.23 bits per heavy atom. The smallest absolute Gasteiger partial charge is 0.147 e.